The van der Waals surface area contributed by atoms with Crippen LogP contribution >= 0.6 is 0 Å². The first-order valence-electron chi connectivity index (χ1n) is 25.8. The summed E-state index contributed by atoms with van der Waals surface area (Å²) in [6.45, 7) is 6.40. The molecule has 0 bridgehead atoms. The minimum atomic E-state index is -0.798. The van der Waals surface area contributed by atoms with E-state index in [0.29, 0.717) is 19.3 Å². The maximum atomic E-state index is 12.8. The molecule has 0 amide bonds. The Morgan fingerprint density at radius 1 is 0.349 bits per heavy atom. The van der Waals surface area contributed by atoms with Crippen molar-refractivity contribution < 1.29 is 28.6 Å². The fourth-order valence-electron chi connectivity index (χ4n) is 6.74. The number of allylic oxidation sites excluding steroid dienone is 16. The van der Waals surface area contributed by atoms with Gasteiger partial charge in [0.05, 0.1) is 0 Å². The molecule has 0 rings (SSSR count). The average molecular weight is 875 g/mol. The van der Waals surface area contributed by atoms with Crippen LogP contribution in [0.1, 0.15) is 226 Å². The van der Waals surface area contributed by atoms with Crippen LogP contribution in [0.3, 0.4) is 0 Å². The second kappa shape index (κ2) is 51.0. The van der Waals surface area contributed by atoms with Gasteiger partial charge < -0.3 is 14.2 Å². The van der Waals surface area contributed by atoms with Gasteiger partial charge in [0.25, 0.3) is 0 Å². The first-order valence-corrected chi connectivity index (χ1v) is 25.8. The second-order valence-electron chi connectivity index (χ2n) is 16.8. The third-order valence-electron chi connectivity index (χ3n) is 10.6. The lowest BCUT2D eigenvalue weighted by molar-refractivity contribution is -0.167. The Hall–Kier alpha value is -3.67. The smallest absolute Gasteiger partial charge is 0.306 e. The lowest BCUT2D eigenvalue weighted by atomic mass is 10.1. The van der Waals surface area contributed by atoms with Crippen LogP contribution in [-0.2, 0) is 28.6 Å². The molecule has 0 aliphatic rings. The van der Waals surface area contributed by atoms with Gasteiger partial charge in [-0.05, 0) is 96.3 Å². The maximum Gasteiger partial charge on any atom is 0.306 e. The van der Waals surface area contributed by atoms with Gasteiger partial charge in [-0.2, -0.15) is 0 Å². The van der Waals surface area contributed by atoms with E-state index >= 15 is 0 Å². The molecule has 0 aromatic rings. The van der Waals surface area contributed by atoms with Crippen LogP contribution in [0.25, 0.3) is 0 Å². The van der Waals surface area contributed by atoms with Crippen molar-refractivity contribution in [2.75, 3.05) is 13.2 Å². The van der Waals surface area contributed by atoms with E-state index in [4.69, 9.17) is 14.2 Å². The zero-order chi connectivity index (χ0) is 45.8. The zero-order valence-corrected chi connectivity index (χ0v) is 40.8. The molecule has 0 saturated carbocycles. The number of esters is 3. The van der Waals surface area contributed by atoms with Crippen molar-refractivity contribution in [1.82, 2.24) is 0 Å². The normalized spacial score (nSPS) is 12.9. The summed E-state index contributed by atoms with van der Waals surface area (Å²) in [7, 11) is 0. The van der Waals surface area contributed by atoms with Gasteiger partial charge >= 0.3 is 17.9 Å². The van der Waals surface area contributed by atoms with Crippen LogP contribution in [0.4, 0.5) is 0 Å². The summed E-state index contributed by atoms with van der Waals surface area (Å²) >= 11 is 0. The number of unbranched alkanes of at least 4 members (excludes halogenated alkanes) is 21. The molecule has 1 unspecified atom stereocenters. The second-order valence-corrected chi connectivity index (χ2v) is 16.8. The summed E-state index contributed by atoms with van der Waals surface area (Å²) in [4.78, 5) is 38.0. The third-order valence-corrected chi connectivity index (χ3v) is 10.6. The average Bonchev–Trinajstić information content (AvgIpc) is 3.28. The van der Waals surface area contributed by atoms with Crippen molar-refractivity contribution in [1.29, 1.82) is 0 Å². The minimum absolute atomic E-state index is 0.0965. The predicted molar refractivity (Wildman–Crippen MR) is 270 cm³/mol. The monoisotopic (exact) mass is 875 g/mol. The summed E-state index contributed by atoms with van der Waals surface area (Å²) < 4.78 is 16.8. The van der Waals surface area contributed by atoms with E-state index < -0.39 is 6.10 Å². The number of carbonyl (C=O) groups is 3. The number of hydrogen-bond acceptors (Lipinski definition) is 6. The van der Waals surface area contributed by atoms with Crippen molar-refractivity contribution in [3.05, 3.63) is 97.2 Å². The standard InChI is InChI=1S/C57H94O6/c1-4-7-10-13-16-19-22-24-26-28-29-31-32-35-38-41-44-47-50-56(59)62-53-54(52-61-55(58)49-46-43-40-37-34-21-18-15-12-9-6-3)63-57(60)51-48-45-42-39-36-33-30-27-25-23-20-17-14-11-8-5-2/h8,11,15-20,22,24-29,31,54H,4-7,9-10,12-14,21,23,30,32-53H2,1-3H3/b11-8-,18-15-,19-16-,20-17-,24-22-,27-25-,28-26-,31-29-. The number of carbonyl (C=O) groups excluding carboxylic acids is 3. The largest absolute Gasteiger partial charge is 0.462 e. The van der Waals surface area contributed by atoms with Crippen LogP contribution in [-0.4, -0.2) is 37.2 Å². The fraction of sp³-hybridized carbons (Fsp3) is 0.667. The lowest BCUT2D eigenvalue weighted by Crippen LogP contribution is -2.30. The number of ether oxygens (including phenoxy) is 3. The minimum Gasteiger partial charge on any atom is -0.462 e. The Labute approximate surface area is 387 Å². The first kappa shape index (κ1) is 59.3. The van der Waals surface area contributed by atoms with Crippen LogP contribution in [0.2, 0.25) is 0 Å². The SMILES string of the molecule is CC/C=C\C/C=C\C/C=C\CCCCCCCCC(=O)OC(COC(=O)CCCCCCC\C=C/C=C\C=C/C=C\CCCCC)COC(=O)CCCCCCC/C=C\CCCC. The van der Waals surface area contributed by atoms with Crippen LogP contribution in [0, 0.1) is 0 Å². The van der Waals surface area contributed by atoms with E-state index in [0.717, 1.165) is 128 Å². The van der Waals surface area contributed by atoms with Crippen molar-refractivity contribution >= 4 is 17.9 Å². The van der Waals surface area contributed by atoms with E-state index in [1.54, 1.807) is 0 Å². The molecule has 0 aliphatic heterocycles. The summed E-state index contributed by atoms with van der Waals surface area (Å²) in [6.07, 6.45) is 66.7. The Bertz CT molecular complexity index is 1280. The van der Waals surface area contributed by atoms with Gasteiger partial charge in [-0.1, -0.05) is 208 Å². The molecular formula is C57H94O6. The van der Waals surface area contributed by atoms with Crippen LogP contribution in [0.5, 0.6) is 0 Å². The highest BCUT2D eigenvalue weighted by Gasteiger charge is 2.19. The van der Waals surface area contributed by atoms with Gasteiger partial charge in [-0.3, -0.25) is 14.4 Å². The Balaban J connectivity index is 4.46. The van der Waals surface area contributed by atoms with E-state index in [-0.39, 0.29) is 31.1 Å². The number of rotatable bonds is 45. The Morgan fingerprint density at radius 3 is 1.17 bits per heavy atom. The quantitative estimate of drug-likeness (QED) is 0.0199. The van der Waals surface area contributed by atoms with E-state index in [9.17, 15) is 14.4 Å². The van der Waals surface area contributed by atoms with Gasteiger partial charge in [-0.25, -0.2) is 0 Å². The molecule has 0 fully saturated rings. The molecule has 1 atom stereocenters. The Morgan fingerprint density at radius 2 is 0.698 bits per heavy atom. The molecule has 0 aromatic carbocycles. The third kappa shape index (κ3) is 49.2. The molecule has 0 radical (unpaired) electrons. The van der Waals surface area contributed by atoms with Gasteiger partial charge in [0.2, 0.25) is 0 Å². The highest BCUT2D eigenvalue weighted by Crippen LogP contribution is 2.13. The topological polar surface area (TPSA) is 78.9 Å². The van der Waals surface area contributed by atoms with Crippen molar-refractivity contribution in [2.45, 2.75) is 232 Å². The van der Waals surface area contributed by atoms with E-state index in [1.807, 2.05) is 0 Å². The summed E-state index contributed by atoms with van der Waals surface area (Å²) in [6, 6.07) is 0. The molecule has 0 aromatic heterocycles. The van der Waals surface area contributed by atoms with E-state index in [2.05, 4.69) is 118 Å². The molecule has 6 nitrogen and oxygen atoms in total. The molecule has 63 heavy (non-hydrogen) atoms. The van der Waals surface area contributed by atoms with Gasteiger partial charge in [-0.15, -0.1) is 0 Å². The van der Waals surface area contributed by atoms with Crippen molar-refractivity contribution in [3.8, 4) is 0 Å². The zero-order valence-electron chi connectivity index (χ0n) is 40.8. The molecule has 0 heterocycles. The van der Waals surface area contributed by atoms with Gasteiger partial charge in [0.15, 0.2) is 6.10 Å². The van der Waals surface area contributed by atoms with E-state index in [1.165, 1.54) is 57.8 Å². The lowest BCUT2D eigenvalue weighted by Gasteiger charge is -2.18. The Kier molecular flexibility index (Phi) is 48.0. The highest BCUT2D eigenvalue weighted by atomic mass is 16.6. The molecule has 6 heteroatoms. The molecule has 0 N–H and O–H groups in total. The van der Waals surface area contributed by atoms with Crippen LogP contribution < -0.4 is 0 Å². The van der Waals surface area contributed by atoms with Gasteiger partial charge in [0, 0.05) is 19.3 Å². The molecule has 0 saturated heterocycles. The molecule has 0 spiro atoms. The summed E-state index contributed by atoms with van der Waals surface area (Å²) in [5.41, 5.74) is 0. The van der Waals surface area contributed by atoms with Crippen molar-refractivity contribution in [2.24, 2.45) is 0 Å². The molecular weight excluding hydrogens is 781 g/mol. The highest BCUT2D eigenvalue weighted by molar-refractivity contribution is 5.71. The summed E-state index contributed by atoms with van der Waals surface area (Å²) in [5.74, 6) is -0.946. The van der Waals surface area contributed by atoms with Crippen LogP contribution in [0.15, 0.2) is 97.2 Å². The first-order chi connectivity index (χ1) is 31.0. The predicted octanol–water partition coefficient (Wildman–Crippen LogP) is 17.0. The fourth-order valence-corrected chi connectivity index (χ4v) is 6.74. The molecule has 358 valence electrons. The number of hydrogen-bond donors (Lipinski definition) is 0. The maximum absolute atomic E-state index is 12.8. The van der Waals surface area contributed by atoms with Crippen molar-refractivity contribution in [3.63, 3.8) is 0 Å². The summed E-state index contributed by atoms with van der Waals surface area (Å²) in [5, 5.41) is 0. The van der Waals surface area contributed by atoms with Gasteiger partial charge in [0.1, 0.15) is 13.2 Å². The molecule has 0 aliphatic carbocycles.